The number of carbonyl (C=O) groups is 2. The van der Waals surface area contributed by atoms with Crippen LogP contribution >= 0.6 is 0 Å². The van der Waals surface area contributed by atoms with Crippen LogP contribution in [0.1, 0.15) is 50.9 Å². The molecule has 0 bridgehead atoms. The predicted octanol–water partition coefficient (Wildman–Crippen LogP) is 4.33. The number of allylic oxidation sites excluding steroid dienone is 1. The Morgan fingerprint density at radius 2 is 1.77 bits per heavy atom. The van der Waals surface area contributed by atoms with Gasteiger partial charge in [0.1, 0.15) is 23.9 Å². The van der Waals surface area contributed by atoms with Gasteiger partial charge in [-0.3, -0.25) is 9.59 Å². The van der Waals surface area contributed by atoms with Gasteiger partial charge in [0.2, 0.25) is 11.8 Å². The maximum Gasteiger partial charge on any atom is 0.250 e. The van der Waals surface area contributed by atoms with Gasteiger partial charge in [0.25, 0.3) is 0 Å². The summed E-state index contributed by atoms with van der Waals surface area (Å²) in [6, 6.07) is 14.4. The van der Waals surface area contributed by atoms with E-state index in [4.69, 9.17) is 0 Å². The molecule has 7 rings (SSSR count). The van der Waals surface area contributed by atoms with Crippen molar-refractivity contribution < 1.29 is 14.7 Å². The van der Waals surface area contributed by atoms with Gasteiger partial charge >= 0.3 is 0 Å². The zero-order valence-corrected chi connectivity index (χ0v) is 22.8. The first kappa shape index (κ1) is 24.2. The SMILES string of the molecule is C=CC(C)(C)N1c2ccccc2C2(O)CC3C(=O)N4C=CC(C)(C)c5[nH]c6ccccc6c5CC4C(=O)N3C12. The first-order valence-corrected chi connectivity index (χ1v) is 13.7. The number of para-hydroxylation sites is 2. The van der Waals surface area contributed by atoms with E-state index in [1.165, 1.54) is 0 Å². The highest BCUT2D eigenvalue weighted by molar-refractivity contribution is 6.00. The lowest BCUT2D eigenvalue weighted by molar-refractivity contribution is -0.159. The third-order valence-corrected chi connectivity index (χ3v) is 9.45. The van der Waals surface area contributed by atoms with E-state index in [2.05, 4.69) is 36.4 Å². The van der Waals surface area contributed by atoms with Crippen molar-refractivity contribution in [2.24, 2.45) is 0 Å². The molecule has 2 aromatic carbocycles. The van der Waals surface area contributed by atoms with Gasteiger partial charge in [0.05, 0.1) is 5.54 Å². The molecule has 39 heavy (non-hydrogen) atoms. The van der Waals surface area contributed by atoms with Crippen LogP contribution in [0, 0.1) is 0 Å². The smallest absolute Gasteiger partial charge is 0.250 e. The summed E-state index contributed by atoms with van der Waals surface area (Å²) in [5.41, 5.74) is 2.44. The van der Waals surface area contributed by atoms with E-state index in [0.29, 0.717) is 6.42 Å². The number of amides is 2. The molecule has 5 heterocycles. The number of benzene rings is 2. The van der Waals surface area contributed by atoms with E-state index >= 15 is 0 Å². The summed E-state index contributed by atoms with van der Waals surface area (Å²) in [5, 5.41) is 13.4. The Bertz CT molecular complexity index is 1600. The predicted molar refractivity (Wildman–Crippen MR) is 151 cm³/mol. The summed E-state index contributed by atoms with van der Waals surface area (Å²) in [4.78, 5) is 37.8. The van der Waals surface area contributed by atoms with Gasteiger partial charge in [-0.15, -0.1) is 6.58 Å². The number of aromatic amines is 1. The van der Waals surface area contributed by atoms with Crippen LogP contribution in [0.4, 0.5) is 5.69 Å². The molecule has 200 valence electrons. The summed E-state index contributed by atoms with van der Waals surface area (Å²) >= 11 is 0. The van der Waals surface area contributed by atoms with Gasteiger partial charge in [0.15, 0.2) is 0 Å². The Morgan fingerprint density at radius 1 is 1.05 bits per heavy atom. The number of aliphatic hydroxyl groups is 1. The topological polar surface area (TPSA) is 79.9 Å². The van der Waals surface area contributed by atoms with Crippen LogP contribution in [0.3, 0.4) is 0 Å². The Morgan fingerprint density at radius 3 is 2.54 bits per heavy atom. The molecule has 1 aromatic heterocycles. The first-order valence-electron chi connectivity index (χ1n) is 13.7. The van der Waals surface area contributed by atoms with Crippen molar-refractivity contribution >= 4 is 28.4 Å². The number of hydrogen-bond donors (Lipinski definition) is 2. The van der Waals surface area contributed by atoms with E-state index in [-0.39, 0.29) is 23.7 Å². The van der Waals surface area contributed by atoms with Gasteiger partial charge in [-0.25, -0.2) is 0 Å². The first-order chi connectivity index (χ1) is 18.5. The summed E-state index contributed by atoms with van der Waals surface area (Å²) < 4.78 is 0. The van der Waals surface area contributed by atoms with Gasteiger partial charge in [0, 0.05) is 52.3 Å². The molecule has 4 aliphatic rings. The maximum atomic E-state index is 14.6. The van der Waals surface area contributed by atoms with Crippen molar-refractivity contribution in [3.63, 3.8) is 0 Å². The number of piperazine rings is 1. The number of nitrogens with zero attached hydrogens (tertiary/aromatic N) is 3. The molecule has 0 spiro atoms. The lowest BCUT2D eigenvalue weighted by atomic mass is 9.82. The maximum absolute atomic E-state index is 14.6. The molecule has 4 unspecified atom stereocenters. The fourth-order valence-electron chi connectivity index (χ4n) is 7.36. The van der Waals surface area contributed by atoms with Crippen molar-refractivity contribution in [2.45, 2.75) is 75.3 Å². The Labute approximate surface area is 228 Å². The van der Waals surface area contributed by atoms with E-state index in [1.807, 2.05) is 68.5 Å². The molecule has 0 aliphatic carbocycles. The highest BCUT2D eigenvalue weighted by Crippen LogP contribution is 2.56. The van der Waals surface area contributed by atoms with Crippen molar-refractivity contribution in [3.8, 4) is 0 Å². The lowest BCUT2D eigenvalue weighted by Crippen LogP contribution is -2.67. The molecular formula is C32H34N4O3. The van der Waals surface area contributed by atoms with Crippen molar-refractivity contribution in [3.05, 3.63) is 90.3 Å². The number of anilines is 1. The van der Waals surface area contributed by atoms with Crippen LogP contribution in [0.5, 0.6) is 0 Å². The zero-order valence-electron chi connectivity index (χ0n) is 22.8. The molecule has 2 N–H and O–H groups in total. The minimum Gasteiger partial charge on any atom is -0.381 e. The Hall–Kier alpha value is -3.84. The Kier molecular flexibility index (Phi) is 4.74. The summed E-state index contributed by atoms with van der Waals surface area (Å²) in [6.07, 6.45) is 5.49. The second kappa shape index (κ2) is 7.63. The number of carbonyl (C=O) groups excluding carboxylic acids is 2. The molecule has 2 fully saturated rings. The van der Waals surface area contributed by atoms with Crippen molar-refractivity contribution in [1.82, 2.24) is 14.8 Å². The lowest BCUT2D eigenvalue weighted by Gasteiger charge is -2.49. The molecule has 2 saturated heterocycles. The van der Waals surface area contributed by atoms with Crippen LogP contribution in [-0.4, -0.2) is 55.5 Å². The van der Waals surface area contributed by atoms with Crippen LogP contribution < -0.4 is 4.90 Å². The standard InChI is InChI=1S/C32H34N4O3/c1-6-31(4,5)36-23-14-10-8-12-21(23)32(39)18-25-27(37)34-16-15-30(2,3)26-20(19-11-7-9-13-22(19)33-26)17-24(34)28(38)35(25)29(32)36/h6-16,24-25,29,33,39H,1,17-18H2,2-5H3. The number of H-pyrrole nitrogens is 1. The zero-order chi connectivity index (χ0) is 27.5. The van der Waals surface area contributed by atoms with E-state index in [0.717, 1.165) is 33.4 Å². The van der Waals surface area contributed by atoms with Crippen LogP contribution in [-0.2, 0) is 27.0 Å². The third-order valence-electron chi connectivity index (χ3n) is 9.45. The molecule has 0 saturated carbocycles. The molecular weight excluding hydrogens is 488 g/mol. The van der Waals surface area contributed by atoms with Gasteiger partial charge in [-0.1, -0.05) is 62.4 Å². The average molecular weight is 523 g/mol. The van der Waals surface area contributed by atoms with Crippen LogP contribution in [0.2, 0.25) is 0 Å². The number of fused-ring (bicyclic) bond motifs is 9. The number of hydrogen-bond acceptors (Lipinski definition) is 4. The second-order valence-electron chi connectivity index (χ2n) is 12.5. The minimum absolute atomic E-state index is 0.140. The molecule has 4 atom stereocenters. The molecule has 7 nitrogen and oxygen atoms in total. The second-order valence-corrected chi connectivity index (χ2v) is 12.5. The summed E-state index contributed by atoms with van der Waals surface area (Å²) in [6.45, 7) is 12.4. The molecule has 7 heteroatoms. The summed E-state index contributed by atoms with van der Waals surface area (Å²) in [7, 11) is 0. The summed E-state index contributed by atoms with van der Waals surface area (Å²) in [5.74, 6) is -0.287. The quantitative estimate of drug-likeness (QED) is 0.491. The average Bonchev–Trinajstić information content (AvgIpc) is 3.51. The normalized spacial score (nSPS) is 28.9. The minimum atomic E-state index is -1.37. The molecule has 4 aliphatic heterocycles. The van der Waals surface area contributed by atoms with Gasteiger partial charge in [-0.05, 0) is 31.5 Å². The number of rotatable bonds is 2. The molecule has 3 aromatic rings. The fraction of sp³-hybridized carbons (Fsp3) is 0.375. The highest BCUT2D eigenvalue weighted by atomic mass is 16.3. The van der Waals surface area contributed by atoms with Crippen LogP contribution in [0.25, 0.3) is 10.9 Å². The monoisotopic (exact) mass is 522 g/mol. The number of nitrogens with one attached hydrogen (secondary N) is 1. The number of aromatic nitrogens is 1. The molecule has 2 amide bonds. The van der Waals surface area contributed by atoms with E-state index in [1.54, 1.807) is 16.0 Å². The van der Waals surface area contributed by atoms with E-state index in [9.17, 15) is 14.7 Å². The molecule has 0 radical (unpaired) electrons. The van der Waals surface area contributed by atoms with Gasteiger partial charge < -0.3 is 24.8 Å². The Balaban J connectivity index is 1.39. The fourth-order valence-corrected chi connectivity index (χ4v) is 7.36. The van der Waals surface area contributed by atoms with Gasteiger partial charge in [-0.2, -0.15) is 0 Å². The van der Waals surface area contributed by atoms with Crippen LogP contribution in [0.15, 0.2) is 73.5 Å². The van der Waals surface area contributed by atoms with Crippen molar-refractivity contribution in [2.75, 3.05) is 4.90 Å². The van der Waals surface area contributed by atoms with Crippen molar-refractivity contribution in [1.29, 1.82) is 0 Å². The van der Waals surface area contributed by atoms with E-state index < -0.39 is 29.4 Å². The third kappa shape index (κ3) is 3.02. The highest BCUT2D eigenvalue weighted by Gasteiger charge is 2.67. The largest absolute Gasteiger partial charge is 0.381 e.